The molecule has 0 amide bonds. The predicted octanol–water partition coefficient (Wildman–Crippen LogP) is 2.20. The van der Waals surface area contributed by atoms with Crippen molar-refractivity contribution in [3.8, 4) is 0 Å². The van der Waals surface area contributed by atoms with E-state index in [-0.39, 0.29) is 0 Å². The lowest BCUT2D eigenvalue weighted by atomic mass is 10.0. The third-order valence-corrected chi connectivity index (χ3v) is 3.31. The fourth-order valence-corrected chi connectivity index (χ4v) is 2.41. The normalized spacial score (nSPS) is 17.7. The molecular weight excluding hydrogens is 210 g/mol. The van der Waals surface area contributed by atoms with Gasteiger partial charge in [0.15, 0.2) is 0 Å². The molecule has 1 fully saturated rings. The Bertz CT molecular complexity index is 333. The zero-order valence-electron chi connectivity index (χ0n) is 10.8. The molecule has 1 aliphatic rings. The Kier molecular flexibility index (Phi) is 4.13. The molecule has 0 radical (unpaired) electrons. The second kappa shape index (κ2) is 5.61. The van der Waals surface area contributed by atoms with Crippen molar-refractivity contribution in [2.45, 2.75) is 38.8 Å². The summed E-state index contributed by atoms with van der Waals surface area (Å²) in [5.74, 6) is 0.687. The standard InChI is InChI=1S/C14H23N3/c1-11(2)10-17(13-3-4-13)14(9-15)12-5-7-16-8-6-12/h5-8,11,13-14H,3-4,9-10,15H2,1-2H3. The van der Waals surface area contributed by atoms with E-state index in [4.69, 9.17) is 5.73 Å². The van der Waals surface area contributed by atoms with E-state index in [1.165, 1.54) is 18.4 Å². The molecular formula is C14H23N3. The van der Waals surface area contributed by atoms with Crippen LogP contribution in [0.3, 0.4) is 0 Å². The van der Waals surface area contributed by atoms with Gasteiger partial charge in [0, 0.05) is 37.6 Å². The summed E-state index contributed by atoms with van der Waals surface area (Å²) in [4.78, 5) is 6.67. The number of nitrogens with zero attached hydrogens (tertiary/aromatic N) is 2. The topological polar surface area (TPSA) is 42.1 Å². The van der Waals surface area contributed by atoms with Crippen LogP contribution in [-0.2, 0) is 0 Å². The Morgan fingerprint density at radius 1 is 1.35 bits per heavy atom. The molecule has 0 saturated heterocycles. The summed E-state index contributed by atoms with van der Waals surface area (Å²) in [7, 11) is 0. The number of aromatic nitrogens is 1. The van der Waals surface area contributed by atoms with Gasteiger partial charge in [-0.1, -0.05) is 13.8 Å². The highest BCUT2D eigenvalue weighted by Crippen LogP contribution is 2.34. The van der Waals surface area contributed by atoms with Crippen molar-refractivity contribution < 1.29 is 0 Å². The smallest absolute Gasteiger partial charge is 0.0474 e. The second-order valence-corrected chi connectivity index (χ2v) is 5.35. The quantitative estimate of drug-likeness (QED) is 0.819. The van der Waals surface area contributed by atoms with Gasteiger partial charge in [0.2, 0.25) is 0 Å². The van der Waals surface area contributed by atoms with Gasteiger partial charge in [-0.2, -0.15) is 0 Å². The largest absolute Gasteiger partial charge is 0.329 e. The lowest BCUT2D eigenvalue weighted by molar-refractivity contribution is 0.169. The van der Waals surface area contributed by atoms with Gasteiger partial charge in [-0.15, -0.1) is 0 Å². The first-order valence-corrected chi connectivity index (χ1v) is 6.58. The first kappa shape index (κ1) is 12.5. The first-order valence-electron chi connectivity index (χ1n) is 6.58. The first-order chi connectivity index (χ1) is 8.22. The Morgan fingerprint density at radius 3 is 2.47 bits per heavy atom. The van der Waals surface area contributed by atoms with E-state index in [1.54, 1.807) is 0 Å². The Morgan fingerprint density at radius 2 is 2.00 bits per heavy atom. The van der Waals surface area contributed by atoms with E-state index in [0.717, 1.165) is 12.6 Å². The van der Waals surface area contributed by atoms with Crippen molar-refractivity contribution in [2.24, 2.45) is 11.7 Å². The number of nitrogens with two attached hydrogens (primary N) is 1. The van der Waals surface area contributed by atoms with Gasteiger partial charge in [-0.25, -0.2) is 0 Å². The molecule has 1 aliphatic carbocycles. The molecule has 1 heterocycles. The van der Waals surface area contributed by atoms with Gasteiger partial charge < -0.3 is 5.73 Å². The maximum atomic E-state index is 5.98. The van der Waals surface area contributed by atoms with Crippen LogP contribution in [0.5, 0.6) is 0 Å². The average Bonchev–Trinajstić information content (AvgIpc) is 3.13. The number of pyridine rings is 1. The molecule has 0 spiro atoms. The number of rotatable bonds is 6. The van der Waals surface area contributed by atoms with Crippen LogP contribution in [0.1, 0.15) is 38.3 Å². The third-order valence-electron chi connectivity index (χ3n) is 3.31. The molecule has 0 bridgehead atoms. The van der Waals surface area contributed by atoms with Crippen LogP contribution in [0.2, 0.25) is 0 Å². The molecule has 2 rings (SSSR count). The zero-order chi connectivity index (χ0) is 12.3. The van der Waals surface area contributed by atoms with Crippen LogP contribution in [0, 0.1) is 5.92 Å². The van der Waals surface area contributed by atoms with Gasteiger partial charge >= 0.3 is 0 Å². The van der Waals surface area contributed by atoms with Crippen molar-refractivity contribution in [3.63, 3.8) is 0 Å². The maximum Gasteiger partial charge on any atom is 0.0474 e. The Hall–Kier alpha value is -0.930. The summed E-state index contributed by atoms with van der Waals surface area (Å²) < 4.78 is 0. The highest BCUT2D eigenvalue weighted by Gasteiger charge is 2.34. The molecule has 0 aromatic carbocycles. The van der Waals surface area contributed by atoms with E-state index in [9.17, 15) is 0 Å². The molecule has 3 nitrogen and oxygen atoms in total. The van der Waals surface area contributed by atoms with E-state index >= 15 is 0 Å². The zero-order valence-corrected chi connectivity index (χ0v) is 10.8. The van der Waals surface area contributed by atoms with Gasteiger partial charge in [0.05, 0.1) is 0 Å². The van der Waals surface area contributed by atoms with Crippen LogP contribution >= 0.6 is 0 Å². The molecule has 17 heavy (non-hydrogen) atoms. The van der Waals surface area contributed by atoms with Crippen molar-refractivity contribution in [3.05, 3.63) is 30.1 Å². The van der Waals surface area contributed by atoms with Crippen LogP contribution in [0.4, 0.5) is 0 Å². The van der Waals surface area contributed by atoms with Crippen LogP contribution in [-0.4, -0.2) is 29.0 Å². The Balaban J connectivity index is 2.14. The second-order valence-electron chi connectivity index (χ2n) is 5.35. The summed E-state index contributed by atoms with van der Waals surface area (Å²) in [5.41, 5.74) is 7.29. The number of hydrogen-bond donors (Lipinski definition) is 1. The molecule has 3 heteroatoms. The van der Waals surface area contributed by atoms with E-state index in [2.05, 4.69) is 35.9 Å². The van der Waals surface area contributed by atoms with Crippen molar-refractivity contribution >= 4 is 0 Å². The minimum atomic E-state index is 0.355. The molecule has 1 aromatic rings. The molecule has 1 aromatic heterocycles. The summed E-state index contributed by atoms with van der Waals surface area (Å²) >= 11 is 0. The molecule has 1 saturated carbocycles. The van der Waals surface area contributed by atoms with E-state index in [1.807, 2.05) is 12.4 Å². The van der Waals surface area contributed by atoms with Crippen LogP contribution < -0.4 is 5.73 Å². The summed E-state index contributed by atoms with van der Waals surface area (Å²) in [5, 5.41) is 0. The predicted molar refractivity (Wildman–Crippen MR) is 70.6 cm³/mol. The fourth-order valence-electron chi connectivity index (χ4n) is 2.41. The molecule has 94 valence electrons. The summed E-state index contributed by atoms with van der Waals surface area (Å²) in [6.45, 7) is 6.37. The highest BCUT2D eigenvalue weighted by atomic mass is 15.2. The Labute approximate surface area is 104 Å². The van der Waals surface area contributed by atoms with Crippen molar-refractivity contribution in [2.75, 3.05) is 13.1 Å². The molecule has 1 unspecified atom stereocenters. The fraction of sp³-hybridized carbons (Fsp3) is 0.643. The van der Waals surface area contributed by atoms with E-state index < -0.39 is 0 Å². The minimum absolute atomic E-state index is 0.355. The lowest BCUT2D eigenvalue weighted by Gasteiger charge is -2.32. The summed E-state index contributed by atoms with van der Waals surface area (Å²) in [6.07, 6.45) is 6.37. The molecule has 2 N–H and O–H groups in total. The number of hydrogen-bond acceptors (Lipinski definition) is 3. The average molecular weight is 233 g/mol. The minimum Gasteiger partial charge on any atom is -0.329 e. The molecule has 0 aliphatic heterocycles. The van der Waals surface area contributed by atoms with Crippen LogP contribution in [0.25, 0.3) is 0 Å². The van der Waals surface area contributed by atoms with E-state index in [0.29, 0.717) is 18.5 Å². The van der Waals surface area contributed by atoms with Crippen molar-refractivity contribution in [1.82, 2.24) is 9.88 Å². The molecule has 1 atom stereocenters. The summed E-state index contributed by atoms with van der Waals surface area (Å²) in [6, 6.07) is 5.28. The SMILES string of the molecule is CC(C)CN(C1CC1)C(CN)c1ccncc1. The third kappa shape index (κ3) is 3.27. The van der Waals surface area contributed by atoms with Gasteiger partial charge in [-0.3, -0.25) is 9.88 Å². The highest BCUT2D eigenvalue weighted by molar-refractivity contribution is 5.16. The van der Waals surface area contributed by atoms with Gasteiger partial charge in [0.1, 0.15) is 0 Å². The monoisotopic (exact) mass is 233 g/mol. The van der Waals surface area contributed by atoms with Crippen LogP contribution in [0.15, 0.2) is 24.5 Å². The van der Waals surface area contributed by atoms with Gasteiger partial charge in [-0.05, 0) is 36.5 Å². The lowest BCUT2D eigenvalue weighted by Crippen LogP contribution is -2.38. The van der Waals surface area contributed by atoms with Crippen molar-refractivity contribution in [1.29, 1.82) is 0 Å². The van der Waals surface area contributed by atoms with Gasteiger partial charge in [0.25, 0.3) is 0 Å². The maximum absolute atomic E-state index is 5.98.